The molecule has 0 spiro atoms. The van der Waals surface area contributed by atoms with Crippen LogP contribution in [-0.2, 0) is 5.88 Å². The van der Waals surface area contributed by atoms with Gasteiger partial charge in [-0.3, -0.25) is 0 Å². The molecule has 2 atom stereocenters. The van der Waals surface area contributed by atoms with Gasteiger partial charge in [-0.05, 0) is 37.3 Å². The van der Waals surface area contributed by atoms with Gasteiger partial charge in [-0.1, -0.05) is 25.8 Å². The first kappa shape index (κ1) is 14.7. The van der Waals surface area contributed by atoms with Crippen molar-refractivity contribution < 1.29 is 4.74 Å². The molecule has 4 heteroatoms. The van der Waals surface area contributed by atoms with Gasteiger partial charge in [0.25, 0.3) is 0 Å². The van der Waals surface area contributed by atoms with E-state index in [4.69, 9.17) is 21.3 Å². The molecule has 0 bridgehead atoms. The molecule has 1 aliphatic carbocycles. The Balaban J connectivity index is 2.07. The van der Waals surface area contributed by atoms with E-state index in [9.17, 15) is 0 Å². The smallest absolute Gasteiger partial charge is 0.146 e. The summed E-state index contributed by atoms with van der Waals surface area (Å²) in [6.45, 7) is 2.36. The minimum absolute atomic E-state index is 0.448. The summed E-state index contributed by atoms with van der Waals surface area (Å²) >= 11 is 6.16. The Labute approximate surface area is 131 Å². The molecule has 0 amide bonds. The Morgan fingerprint density at radius 3 is 2.90 bits per heavy atom. The summed E-state index contributed by atoms with van der Waals surface area (Å²) in [5.41, 5.74) is 2.09. The molecule has 3 nitrogen and oxygen atoms in total. The van der Waals surface area contributed by atoms with Crippen LogP contribution in [0.4, 0.5) is 0 Å². The summed E-state index contributed by atoms with van der Waals surface area (Å²) in [5, 5.41) is 0. The number of benzene rings is 1. The molecule has 1 saturated carbocycles. The van der Waals surface area contributed by atoms with E-state index >= 15 is 0 Å². The van der Waals surface area contributed by atoms with E-state index in [-0.39, 0.29) is 0 Å². The molecule has 1 aromatic carbocycles. The van der Waals surface area contributed by atoms with E-state index in [0.29, 0.717) is 11.9 Å². The molecule has 0 saturated heterocycles. The third-order valence-electron chi connectivity index (χ3n) is 4.69. The number of hydrogen-bond donors (Lipinski definition) is 0. The highest BCUT2D eigenvalue weighted by Crippen LogP contribution is 2.36. The second kappa shape index (κ2) is 6.27. The lowest BCUT2D eigenvalue weighted by molar-refractivity contribution is 0.419. The van der Waals surface area contributed by atoms with E-state index < -0.39 is 0 Å². The number of para-hydroxylation sites is 1. The summed E-state index contributed by atoms with van der Waals surface area (Å²) < 4.78 is 7.81. The lowest BCUT2D eigenvalue weighted by atomic mass is 10.0. The third kappa shape index (κ3) is 2.76. The molecule has 1 aliphatic rings. The Hall–Kier alpha value is -1.22. The highest BCUT2D eigenvalue weighted by atomic mass is 35.5. The minimum Gasteiger partial charge on any atom is -0.494 e. The van der Waals surface area contributed by atoms with Crippen LogP contribution in [-0.4, -0.2) is 16.7 Å². The summed E-state index contributed by atoms with van der Waals surface area (Å²) in [6.07, 6.45) is 6.35. The first-order valence-electron chi connectivity index (χ1n) is 7.84. The Kier molecular flexibility index (Phi) is 4.39. The number of hydrogen-bond acceptors (Lipinski definition) is 2. The number of fused-ring (bicyclic) bond motifs is 1. The van der Waals surface area contributed by atoms with Crippen molar-refractivity contribution in [1.29, 1.82) is 0 Å². The number of alkyl halides is 1. The van der Waals surface area contributed by atoms with Crippen molar-refractivity contribution in [3.05, 3.63) is 24.0 Å². The highest BCUT2D eigenvalue weighted by Gasteiger charge is 2.23. The number of halogens is 1. The summed E-state index contributed by atoms with van der Waals surface area (Å²) in [5.74, 6) is 3.08. The Bertz CT molecular complexity index is 623. The number of imidazole rings is 1. The van der Waals surface area contributed by atoms with Gasteiger partial charge in [-0.2, -0.15) is 0 Å². The molecular weight excluding hydrogens is 284 g/mol. The largest absolute Gasteiger partial charge is 0.494 e. The zero-order valence-corrected chi connectivity index (χ0v) is 13.6. The molecular formula is C17H23ClN2O. The number of aromatic nitrogens is 2. The van der Waals surface area contributed by atoms with Crippen LogP contribution in [0.3, 0.4) is 0 Å². The predicted molar refractivity (Wildman–Crippen MR) is 87.1 cm³/mol. The van der Waals surface area contributed by atoms with Gasteiger partial charge in [0.05, 0.1) is 18.5 Å². The van der Waals surface area contributed by atoms with Crippen molar-refractivity contribution in [2.75, 3.05) is 7.11 Å². The lowest BCUT2D eigenvalue weighted by Crippen LogP contribution is -2.11. The molecule has 1 aromatic heterocycles. The van der Waals surface area contributed by atoms with Crippen molar-refractivity contribution >= 4 is 22.6 Å². The van der Waals surface area contributed by atoms with Crippen LogP contribution in [0, 0.1) is 5.92 Å². The molecule has 0 radical (unpaired) electrons. The third-order valence-corrected chi connectivity index (χ3v) is 4.93. The number of nitrogens with zero attached hydrogens (tertiary/aromatic N) is 2. The monoisotopic (exact) mass is 306 g/mol. The van der Waals surface area contributed by atoms with Gasteiger partial charge >= 0.3 is 0 Å². The highest BCUT2D eigenvalue weighted by molar-refractivity contribution is 6.16. The molecule has 0 aliphatic heterocycles. The standard InChI is InChI=1S/C17H23ClN2O/c1-12-5-3-6-13(10-9-12)20-14-7-4-8-15(21-2)17(14)19-16(20)11-18/h4,7-8,12-13H,3,5-6,9-11H2,1-2H3. The first-order chi connectivity index (χ1) is 10.2. The second-order valence-corrected chi connectivity index (χ2v) is 6.39. The van der Waals surface area contributed by atoms with Gasteiger partial charge in [0, 0.05) is 6.04 Å². The van der Waals surface area contributed by atoms with Crippen LogP contribution < -0.4 is 4.74 Å². The van der Waals surface area contributed by atoms with Crippen molar-refractivity contribution in [2.24, 2.45) is 5.92 Å². The normalized spacial score (nSPS) is 23.2. The van der Waals surface area contributed by atoms with Gasteiger partial charge < -0.3 is 9.30 Å². The molecule has 0 N–H and O–H groups in total. The summed E-state index contributed by atoms with van der Waals surface area (Å²) in [4.78, 5) is 4.73. The van der Waals surface area contributed by atoms with Gasteiger partial charge in [0.1, 0.15) is 17.1 Å². The summed E-state index contributed by atoms with van der Waals surface area (Å²) in [6, 6.07) is 6.65. The maximum atomic E-state index is 6.16. The van der Waals surface area contributed by atoms with Crippen LogP contribution in [0.2, 0.25) is 0 Å². The SMILES string of the molecule is COc1cccc2c1nc(CCl)n2C1CCCC(C)CC1. The van der Waals surface area contributed by atoms with Crippen LogP contribution in [0.5, 0.6) is 5.75 Å². The molecule has 1 heterocycles. The fraction of sp³-hybridized carbons (Fsp3) is 0.588. The van der Waals surface area contributed by atoms with E-state index in [1.165, 1.54) is 32.1 Å². The molecule has 114 valence electrons. The average molecular weight is 307 g/mol. The first-order valence-corrected chi connectivity index (χ1v) is 8.37. The van der Waals surface area contributed by atoms with E-state index in [1.807, 2.05) is 12.1 Å². The number of rotatable bonds is 3. The zero-order chi connectivity index (χ0) is 14.8. The van der Waals surface area contributed by atoms with Crippen LogP contribution in [0.15, 0.2) is 18.2 Å². The van der Waals surface area contributed by atoms with Crippen molar-refractivity contribution in [2.45, 2.75) is 50.9 Å². The number of ether oxygens (including phenoxy) is 1. The second-order valence-electron chi connectivity index (χ2n) is 6.13. The quantitative estimate of drug-likeness (QED) is 0.594. The maximum Gasteiger partial charge on any atom is 0.146 e. The molecule has 3 rings (SSSR count). The van der Waals surface area contributed by atoms with Crippen molar-refractivity contribution in [3.8, 4) is 5.75 Å². The predicted octanol–water partition coefficient (Wildman–Crippen LogP) is 4.93. The zero-order valence-electron chi connectivity index (χ0n) is 12.8. The van der Waals surface area contributed by atoms with Crippen molar-refractivity contribution in [3.63, 3.8) is 0 Å². The molecule has 2 aromatic rings. The lowest BCUT2D eigenvalue weighted by Gasteiger charge is -2.19. The average Bonchev–Trinajstić information content (AvgIpc) is 2.76. The molecule has 1 fully saturated rings. The van der Waals surface area contributed by atoms with Gasteiger partial charge in [-0.15, -0.1) is 11.6 Å². The molecule has 2 unspecified atom stereocenters. The van der Waals surface area contributed by atoms with E-state index in [1.54, 1.807) is 7.11 Å². The van der Waals surface area contributed by atoms with Gasteiger partial charge in [-0.25, -0.2) is 4.98 Å². The van der Waals surface area contributed by atoms with Crippen LogP contribution in [0.25, 0.3) is 11.0 Å². The van der Waals surface area contributed by atoms with Crippen LogP contribution >= 0.6 is 11.6 Å². The van der Waals surface area contributed by atoms with Crippen molar-refractivity contribution in [1.82, 2.24) is 9.55 Å². The minimum atomic E-state index is 0.448. The Morgan fingerprint density at radius 1 is 1.29 bits per heavy atom. The fourth-order valence-electron chi connectivity index (χ4n) is 3.53. The Morgan fingerprint density at radius 2 is 2.14 bits per heavy atom. The maximum absolute atomic E-state index is 6.16. The van der Waals surface area contributed by atoms with Crippen LogP contribution in [0.1, 0.15) is 50.9 Å². The fourth-order valence-corrected chi connectivity index (χ4v) is 3.72. The van der Waals surface area contributed by atoms with Gasteiger partial charge in [0.2, 0.25) is 0 Å². The summed E-state index contributed by atoms with van der Waals surface area (Å²) in [7, 11) is 1.70. The van der Waals surface area contributed by atoms with E-state index in [2.05, 4.69) is 17.6 Å². The number of methoxy groups -OCH3 is 1. The molecule has 21 heavy (non-hydrogen) atoms. The van der Waals surface area contributed by atoms with Gasteiger partial charge in [0.15, 0.2) is 0 Å². The van der Waals surface area contributed by atoms with E-state index in [0.717, 1.165) is 28.5 Å². The topological polar surface area (TPSA) is 27.1 Å².